The van der Waals surface area contributed by atoms with E-state index in [-0.39, 0.29) is 6.04 Å². The molecule has 0 saturated carbocycles. The van der Waals surface area contributed by atoms with Gasteiger partial charge < -0.3 is 5.32 Å². The van der Waals surface area contributed by atoms with Gasteiger partial charge in [-0.15, -0.1) is 23.1 Å². The van der Waals surface area contributed by atoms with Crippen LogP contribution in [-0.2, 0) is 6.42 Å². The summed E-state index contributed by atoms with van der Waals surface area (Å²) in [4.78, 5) is 7.17. The average Bonchev–Trinajstić information content (AvgIpc) is 2.96. The van der Waals surface area contributed by atoms with Crippen LogP contribution in [0.25, 0.3) is 0 Å². The van der Waals surface area contributed by atoms with E-state index in [1.165, 1.54) is 20.3 Å². The molecule has 0 amide bonds. The molecule has 0 fully saturated rings. The van der Waals surface area contributed by atoms with Gasteiger partial charge in [0.05, 0.1) is 6.04 Å². The number of hydrogen-bond acceptors (Lipinski definition) is 4. The molecule has 1 heterocycles. The molecule has 1 aromatic heterocycles. The molecule has 0 aliphatic carbocycles. The van der Waals surface area contributed by atoms with Crippen molar-refractivity contribution in [3.8, 4) is 0 Å². The fraction of sp³-hybridized carbons (Fsp3) is 0.438. The van der Waals surface area contributed by atoms with Crippen LogP contribution in [0.1, 0.15) is 48.3 Å². The standard InChI is InChI=1S/C16H22N2S2/c1-5-14-10-17-16(20-14)12(3)18-11(2)13-6-8-15(19-4)9-7-13/h6-12,18H,5H2,1-4H3. The summed E-state index contributed by atoms with van der Waals surface area (Å²) in [5.74, 6) is 0. The summed E-state index contributed by atoms with van der Waals surface area (Å²) in [6.07, 6.45) is 5.17. The average molecular weight is 306 g/mol. The van der Waals surface area contributed by atoms with E-state index in [0.29, 0.717) is 6.04 Å². The summed E-state index contributed by atoms with van der Waals surface area (Å²) >= 11 is 3.58. The Labute approximate surface area is 130 Å². The lowest BCUT2D eigenvalue weighted by Gasteiger charge is -2.19. The maximum atomic E-state index is 4.51. The smallest absolute Gasteiger partial charge is 0.109 e. The number of thioether (sulfide) groups is 1. The van der Waals surface area contributed by atoms with Crippen LogP contribution < -0.4 is 5.32 Å². The van der Waals surface area contributed by atoms with Crippen molar-refractivity contribution in [3.05, 3.63) is 45.9 Å². The molecule has 2 rings (SSSR count). The van der Waals surface area contributed by atoms with Gasteiger partial charge in [-0.25, -0.2) is 4.98 Å². The lowest BCUT2D eigenvalue weighted by molar-refractivity contribution is 0.493. The highest BCUT2D eigenvalue weighted by molar-refractivity contribution is 7.98. The molecule has 0 aliphatic rings. The van der Waals surface area contributed by atoms with Crippen LogP contribution in [0, 0.1) is 0 Å². The number of nitrogens with one attached hydrogen (secondary N) is 1. The van der Waals surface area contributed by atoms with E-state index < -0.39 is 0 Å². The zero-order chi connectivity index (χ0) is 14.5. The molecule has 1 N–H and O–H groups in total. The highest BCUT2D eigenvalue weighted by Gasteiger charge is 2.14. The van der Waals surface area contributed by atoms with E-state index in [1.54, 1.807) is 11.8 Å². The number of nitrogens with zero attached hydrogens (tertiary/aromatic N) is 1. The first-order valence-corrected chi connectivity index (χ1v) is 9.02. The second-order valence-corrected chi connectivity index (χ2v) is 6.93. The van der Waals surface area contributed by atoms with E-state index in [2.05, 4.69) is 61.6 Å². The van der Waals surface area contributed by atoms with E-state index in [0.717, 1.165) is 6.42 Å². The van der Waals surface area contributed by atoms with Crippen LogP contribution in [-0.4, -0.2) is 11.2 Å². The van der Waals surface area contributed by atoms with Crippen molar-refractivity contribution in [1.82, 2.24) is 10.3 Å². The van der Waals surface area contributed by atoms with Gasteiger partial charge in [0.2, 0.25) is 0 Å². The van der Waals surface area contributed by atoms with E-state index in [9.17, 15) is 0 Å². The SMILES string of the molecule is CCc1cnc(C(C)NC(C)c2ccc(SC)cc2)s1. The number of rotatable bonds is 6. The van der Waals surface area contributed by atoms with Crippen molar-refractivity contribution >= 4 is 23.1 Å². The fourth-order valence-corrected chi connectivity index (χ4v) is 3.40. The zero-order valence-corrected chi connectivity index (χ0v) is 14.1. The first kappa shape index (κ1) is 15.5. The first-order valence-electron chi connectivity index (χ1n) is 6.98. The van der Waals surface area contributed by atoms with Crippen molar-refractivity contribution in [2.24, 2.45) is 0 Å². The molecule has 0 saturated heterocycles. The van der Waals surface area contributed by atoms with Gasteiger partial charge in [0.25, 0.3) is 0 Å². The predicted octanol–water partition coefficient (Wildman–Crippen LogP) is 4.84. The van der Waals surface area contributed by atoms with Crippen LogP contribution in [0.4, 0.5) is 0 Å². The lowest BCUT2D eigenvalue weighted by atomic mass is 10.1. The Hall–Kier alpha value is -0.840. The number of aromatic nitrogens is 1. The van der Waals surface area contributed by atoms with Gasteiger partial charge in [-0.2, -0.15) is 0 Å². The number of benzene rings is 1. The van der Waals surface area contributed by atoms with Gasteiger partial charge in [-0.1, -0.05) is 19.1 Å². The van der Waals surface area contributed by atoms with Crippen molar-refractivity contribution in [1.29, 1.82) is 0 Å². The molecule has 0 radical (unpaired) electrons. The topological polar surface area (TPSA) is 24.9 Å². The highest BCUT2D eigenvalue weighted by atomic mass is 32.2. The Bertz CT molecular complexity index is 534. The molecule has 0 aliphatic heterocycles. The third kappa shape index (κ3) is 3.84. The molecule has 2 atom stereocenters. The molecule has 0 bridgehead atoms. The van der Waals surface area contributed by atoms with Gasteiger partial charge >= 0.3 is 0 Å². The molecule has 2 nitrogen and oxygen atoms in total. The molecule has 2 aromatic rings. The van der Waals surface area contributed by atoms with Gasteiger partial charge in [0, 0.05) is 22.0 Å². The maximum Gasteiger partial charge on any atom is 0.109 e. The molecule has 108 valence electrons. The third-order valence-corrected chi connectivity index (χ3v) is 5.47. The molecular formula is C16H22N2S2. The predicted molar refractivity (Wildman–Crippen MR) is 89.7 cm³/mol. The Balaban J connectivity index is 2.00. The minimum atomic E-state index is 0.288. The van der Waals surface area contributed by atoms with E-state index in [4.69, 9.17) is 0 Å². The quantitative estimate of drug-likeness (QED) is 0.773. The fourth-order valence-electron chi connectivity index (χ4n) is 2.12. The second-order valence-electron chi connectivity index (χ2n) is 4.90. The molecule has 0 spiro atoms. The minimum Gasteiger partial charge on any atom is -0.302 e. The third-order valence-electron chi connectivity index (χ3n) is 3.41. The number of aryl methyl sites for hydroxylation is 1. The summed E-state index contributed by atoms with van der Waals surface area (Å²) in [6, 6.07) is 9.39. The number of hydrogen-bond donors (Lipinski definition) is 1. The van der Waals surface area contributed by atoms with Crippen molar-refractivity contribution in [2.45, 2.75) is 44.2 Å². The van der Waals surface area contributed by atoms with Gasteiger partial charge in [0.15, 0.2) is 0 Å². The lowest BCUT2D eigenvalue weighted by Crippen LogP contribution is -2.22. The summed E-state index contributed by atoms with van der Waals surface area (Å²) in [7, 11) is 0. The zero-order valence-electron chi connectivity index (χ0n) is 12.5. The van der Waals surface area contributed by atoms with Crippen LogP contribution >= 0.6 is 23.1 Å². The monoisotopic (exact) mass is 306 g/mol. The van der Waals surface area contributed by atoms with Gasteiger partial charge in [0.1, 0.15) is 5.01 Å². The van der Waals surface area contributed by atoms with Gasteiger partial charge in [-0.05, 0) is 44.2 Å². The Kier molecular flexibility index (Phi) is 5.64. The van der Waals surface area contributed by atoms with Crippen molar-refractivity contribution in [2.75, 3.05) is 6.26 Å². The normalized spacial score (nSPS) is 14.2. The van der Waals surface area contributed by atoms with Gasteiger partial charge in [-0.3, -0.25) is 0 Å². The molecule has 20 heavy (non-hydrogen) atoms. The maximum absolute atomic E-state index is 4.51. The van der Waals surface area contributed by atoms with Crippen molar-refractivity contribution < 1.29 is 0 Å². The van der Waals surface area contributed by atoms with Crippen LogP contribution in [0.15, 0.2) is 35.4 Å². The number of thiazole rings is 1. The summed E-state index contributed by atoms with van der Waals surface area (Å²) < 4.78 is 0. The highest BCUT2D eigenvalue weighted by Crippen LogP contribution is 2.24. The largest absolute Gasteiger partial charge is 0.302 e. The Morgan fingerprint density at radius 3 is 2.45 bits per heavy atom. The summed E-state index contributed by atoms with van der Waals surface area (Å²) in [6.45, 7) is 6.56. The van der Waals surface area contributed by atoms with E-state index in [1.807, 2.05) is 17.5 Å². The summed E-state index contributed by atoms with van der Waals surface area (Å²) in [5.41, 5.74) is 1.32. The Morgan fingerprint density at radius 1 is 1.20 bits per heavy atom. The molecule has 4 heteroatoms. The van der Waals surface area contributed by atoms with Crippen LogP contribution in [0.3, 0.4) is 0 Å². The second kappa shape index (κ2) is 7.25. The minimum absolute atomic E-state index is 0.288. The Morgan fingerprint density at radius 2 is 1.90 bits per heavy atom. The molecule has 2 unspecified atom stereocenters. The molecule has 1 aromatic carbocycles. The van der Waals surface area contributed by atoms with Crippen molar-refractivity contribution in [3.63, 3.8) is 0 Å². The van der Waals surface area contributed by atoms with E-state index >= 15 is 0 Å². The van der Waals surface area contributed by atoms with Crippen LogP contribution in [0.2, 0.25) is 0 Å². The molecular weight excluding hydrogens is 284 g/mol. The van der Waals surface area contributed by atoms with Crippen LogP contribution in [0.5, 0.6) is 0 Å². The first-order chi connectivity index (χ1) is 9.63. The summed E-state index contributed by atoms with van der Waals surface area (Å²) in [5, 5.41) is 4.80.